The van der Waals surface area contributed by atoms with Crippen LogP contribution >= 0.6 is 0 Å². The molecule has 0 unspecified atom stereocenters. The van der Waals surface area contributed by atoms with Crippen molar-refractivity contribution in [3.63, 3.8) is 0 Å². The van der Waals surface area contributed by atoms with Crippen LogP contribution in [0.5, 0.6) is 5.75 Å². The van der Waals surface area contributed by atoms with Gasteiger partial charge in [-0.2, -0.15) is 0 Å². The number of ether oxygens (including phenoxy) is 1. The molecule has 0 radical (unpaired) electrons. The molecule has 2 nitrogen and oxygen atoms in total. The van der Waals surface area contributed by atoms with Gasteiger partial charge < -0.3 is 10.5 Å². The van der Waals surface area contributed by atoms with Gasteiger partial charge in [-0.1, -0.05) is 12.1 Å². The van der Waals surface area contributed by atoms with E-state index < -0.39 is 0 Å². The first kappa shape index (κ1) is 13.1. The van der Waals surface area contributed by atoms with Gasteiger partial charge in [0, 0.05) is 6.04 Å². The van der Waals surface area contributed by atoms with Crippen molar-refractivity contribution < 1.29 is 9.13 Å². The normalized spacial score (nSPS) is 17.1. The van der Waals surface area contributed by atoms with E-state index in [4.69, 9.17) is 10.5 Å². The summed E-state index contributed by atoms with van der Waals surface area (Å²) in [6.07, 6.45) is 2.03. The van der Waals surface area contributed by atoms with Crippen molar-refractivity contribution in [1.82, 2.24) is 0 Å². The zero-order chi connectivity index (χ0) is 14.1. The van der Waals surface area contributed by atoms with Crippen LogP contribution in [0.1, 0.15) is 34.7 Å². The highest BCUT2D eigenvalue weighted by molar-refractivity contribution is 5.40. The van der Waals surface area contributed by atoms with E-state index in [9.17, 15) is 4.39 Å². The Kier molecular flexibility index (Phi) is 3.45. The molecule has 0 saturated heterocycles. The second-order valence-corrected chi connectivity index (χ2v) is 5.37. The minimum atomic E-state index is -0.210. The van der Waals surface area contributed by atoms with Gasteiger partial charge in [0.2, 0.25) is 0 Å². The molecule has 0 spiro atoms. The largest absolute Gasteiger partial charge is 0.489 e. The maximum absolute atomic E-state index is 13.0. The highest BCUT2D eigenvalue weighted by Gasteiger charge is 2.19. The summed E-state index contributed by atoms with van der Waals surface area (Å²) in [4.78, 5) is 0. The first-order valence-corrected chi connectivity index (χ1v) is 6.90. The number of halogens is 1. The number of rotatable bonds is 3. The molecule has 2 aromatic carbocycles. The first-order valence-electron chi connectivity index (χ1n) is 6.90. The number of nitrogens with two attached hydrogens (primary N) is 1. The van der Waals surface area contributed by atoms with Crippen molar-refractivity contribution >= 4 is 0 Å². The van der Waals surface area contributed by atoms with Gasteiger partial charge in [0.25, 0.3) is 0 Å². The number of hydrogen-bond acceptors (Lipinski definition) is 2. The van der Waals surface area contributed by atoms with Crippen LogP contribution in [-0.2, 0) is 13.0 Å². The maximum Gasteiger partial charge on any atom is 0.123 e. The molecule has 104 valence electrons. The minimum absolute atomic E-state index is 0.165. The number of fused-ring (bicyclic) bond motifs is 1. The summed E-state index contributed by atoms with van der Waals surface area (Å²) in [7, 11) is 0. The summed E-state index contributed by atoms with van der Waals surface area (Å²) < 4.78 is 18.9. The van der Waals surface area contributed by atoms with E-state index in [1.165, 1.54) is 23.3 Å². The lowest BCUT2D eigenvalue weighted by Crippen LogP contribution is -2.05. The Morgan fingerprint density at radius 1 is 1.25 bits per heavy atom. The molecule has 0 heterocycles. The number of benzene rings is 2. The maximum atomic E-state index is 13.0. The summed E-state index contributed by atoms with van der Waals surface area (Å²) in [6, 6.07) is 11.0. The third kappa shape index (κ3) is 2.54. The standard InChI is InChI=1S/C17H18FNO/c1-11-8-14(18)4-2-13(11)10-20-15-5-6-16-12(9-15)3-7-17(16)19/h2,4-6,8-9,17H,3,7,10,19H2,1H3/t17-/m1/s1. The minimum Gasteiger partial charge on any atom is -0.489 e. The quantitative estimate of drug-likeness (QED) is 0.924. The van der Waals surface area contributed by atoms with Crippen LogP contribution in [0.2, 0.25) is 0 Å². The molecule has 1 atom stereocenters. The molecule has 2 aromatic rings. The fraction of sp³-hybridized carbons (Fsp3) is 0.294. The van der Waals surface area contributed by atoms with E-state index in [0.29, 0.717) is 6.61 Å². The molecule has 0 amide bonds. The topological polar surface area (TPSA) is 35.2 Å². The van der Waals surface area contributed by atoms with Gasteiger partial charge in [0.15, 0.2) is 0 Å². The van der Waals surface area contributed by atoms with E-state index in [1.54, 1.807) is 6.07 Å². The lowest BCUT2D eigenvalue weighted by Gasteiger charge is -2.11. The first-order chi connectivity index (χ1) is 9.63. The Balaban J connectivity index is 1.73. The monoisotopic (exact) mass is 271 g/mol. The smallest absolute Gasteiger partial charge is 0.123 e. The summed E-state index contributed by atoms with van der Waals surface area (Å²) in [5, 5.41) is 0. The van der Waals surface area contributed by atoms with Crippen LogP contribution in [0.15, 0.2) is 36.4 Å². The fourth-order valence-corrected chi connectivity index (χ4v) is 2.70. The van der Waals surface area contributed by atoms with Crippen molar-refractivity contribution in [3.8, 4) is 5.75 Å². The predicted molar refractivity (Wildman–Crippen MR) is 77.2 cm³/mol. The highest BCUT2D eigenvalue weighted by Crippen LogP contribution is 2.32. The average molecular weight is 271 g/mol. The Hall–Kier alpha value is -1.87. The second-order valence-electron chi connectivity index (χ2n) is 5.37. The molecule has 0 saturated carbocycles. The number of hydrogen-bond donors (Lipinski definition) is 1. The lowest BCUT2D eigenvalue weighted by molar-refractivity contribution is 0.305. The summed E-state index contributed by atoms with van der Waals surface area (Å²) in [5.74, 6) is 0.638. The van der Waals surface area contributed by atoms with Crippen LogP contribution in [0.4, 0.5) is 4.39 Å². The predicted octanol–water partition coefficient (Wildman–Crippen LogP) is 3.66. The molecule has 3 heteroatoms. The van der Waals surface area contributed by atoms with Gasteiger partial charge in [0.1, 0.15) is 18.2 Å². The van der Waals surface area contributed by atoms with Crippen molar-refractivity contribution in [2.24, 2.45) is 5.73 Å². The molecule has 0 aliphatic heterocycles. The van der Waals surface area contributed by atoms with Crippen LogP contribution in [0.25, 0.3) is 0 Å². The Labute approximate surface area is 118 Å². The van der Waals surface area contributed by atoms with Crippen LogP contribution in [0, 0.1) is 12.7 Å². The molecule has 0 bridgehead atoms. The van der Waals surface area contributed by atoms with E-state index in [-0.39, 0.29) is 11.9 Å². The molecule has 2 N–H and O–H groups in total. The van der Waals surface area contributed by atoms with Gasteiger partial charge >= 0.3 is 0 Å². The van der Waals surface area contributed by atoms with E-state index in [1.807, 2.05) is 13.0 Å². The van der Waals surface area contributed by atoms with Gasteiger partial charge in [-0.3, -0.25) is 0 Å². The van der Waals surface area contributed by atoms with E-state index >= 15 is 0 Å². The average Bonchev–Trinajstić information content (AvgIpc) is 2.79. The molecule has 0 aromatic heterocycles. The van der Waals surface area contributed by atoms with E-state index in [2.05, 4.69) is 12.1 Å². The van der Waals surface area contributed by atoms with Crippen molar-refractivity contribution in [1.29, 1.82) is 0 Å². The van der Waals surface area contributed by atoms with E-state index in [0.717, 1.165) is 29.7 Å². The third-order valence-corrected chi connectivity index (χ3v) is 3.94. The summed E-state index contributed by atoms with van der Waals surface area (Å²) in [6.45, 7) is 2.35. The van der Waals surface area contributed by atoms with Gasteiger partial charge in [-0.25, -0.2) is 4.39 Å². The Bertz CT molecular complexity index is 639. The van der Waals surface area contributed by atoms with Gasteiger partial charge in [-0.05, 0) is 66.3 Å². The molecule has 3 rings (SSSR count). The molecule has 1 aliphatic carbocycles. The molecular weight excluding hydrogens is 253 g/mol. The number of aryl methyl sites for hydroxylation is 2. The second kappa shape index (κ2) is 5.25. The van der Waals surface area contributed by atoms with Crippen LogP contribution in [0.3, 0.4) is 0 Å². The molecule has 1 aliphatic rings. The summed E-state index contributed by atoms with van der Waals surface area (Å²) in [5.41, 5.74) is 10.4. The van der Waals surface area contributed by atoms with Gasteiger partial charge in [0.05, 0.1) is 0 Å². The van der Waals surface area contributed by atoms with Crippen molar-refractivity contribution in [2.75, 3.05) is 0 Å². The molecule has 20 heavy (non-hydrogen) atoms. The Morgan fingerprint density at radius 3 is 2.90 bits per heavy atom. The third-order valence-electron chi connectivity index (χ3n) is 3.94. The zero-order valence-corrected chi connectivity index (χ0v) is 11.5. The SMILES string of the molecule is Cc1cc(F)ccc1COc1ccc2c(c1)CC[C@H]2N. The van der Waals surface area contributed by atoms with Crippen LogP contribution < -0.4 is 10.5 Å². The van der Waals surface area contributed by atoms with Crippen LogP contribution in [-0.4, -0.2) is 0 Å². The van der Waals surface area contributed by atoms with Gasteiger partial charge in [-0.15, -0.1) is 0 Å². The zero-order valence-electron chi connectivity index (χ0n) is 11.5. The van der Waals surface area contributed by atoms with Crippen molar-refractivity contribution in [2.45, 2.75) is 32.4 Å². The Morgan fingerprint density at radius 2 is 2.10 bits per heavy atom. The highest BCUT2D eigenvalue weighted by atomic mass is 19.1. The lowest BCUT2D eigenvalue weighted by atomic mass is 10.1. The summed E-state index contributed by atoms with van der Waals surface area (Å²) >= 11 is 0. The van der Waals surface area contributed by atoms with Crippen molar-refractivity contribution in [3.05, 3.63) is 64.5 Å². The molecular formula is C17H18FNO. The molecule has 0 fully saturated rings. The fourth-order valence-electron chi connectivity index (χ4n) is 2.70.